The zero-order valence-corrected chi connectivity index (χ0v) is 24.0. The monoisotopic (exact) mass is 560 g/mol. The summed E-state index contributed by atoms with van der Waals surface area (Å²) in [6.07, 6.45) is 16.0. The van der Waals surface area contributed by atoms with Crippen molar-refractivity contribution >= 4 is 28.8 Å². The van der Waals surface area contributed by atoms with Gasteiger partial charge in [0.2, 0.25) is 0 Å². The molecule has 1 fully saturated rings. The second-order valence-corrected chi connectivity index (χ2v) is 11.1. The molecule has 0 saturated heterocycles. The van der Waals surface area contributed by atoms with E-state index in [1.807, 2.05) is 42.7 Å². The molecule has 0 radical (unpaired) electrons. The average molecular weight is 561 g/mol. The van der Waals surface area contributed by atoms with E-state index in [9.17, 15) is 4.39 Å². The van der Waals surface area contributed by atoms with Crippen LogP contribution in [0.1, 0.15) is 50.2 Å². The van der Waals surface area contributed by atoms with Crippen LogP contribution in [0, 0.1) is 11.7 Å². The molecule has 1 aliphatic carbocycles. The Balaban J connectivity index is 1.37. The molecule has 42 heavy (non-hydrogen) atoms. The Hall–Kier alpha value is -4.49. The topological polar surface area (TPSA) is 95.4 Å². The minimum atomic E-state index is -0.250. The number of hydrogen-bond donors (Lipinski definition) is 4. The highest BCUT2D eigenvalue weighted by atomic mass is 19.1. The van der Waals surface area contributed by atoms with E-state index in [2.05, 4.69) is 50.6 Å². The number of aromatic amines is 2. The summed E-state index contributed by atoms with van der Waals surface area (Å²) in [6.45, 7) is 3.99. The van der Waals surface area contributed by atoms with Gasteiger partial charge >= 0.3 is 0 Å². The smallest absolute Gasteiger partial charge is 0.131 e. The first-order chi connectivity index (χ1) is 20.6. The van der Waals surface area contributed by atoms with Gasteiger partial charge in [0.1, 0.15) is 11.5 Å². The molecule has 7 heteroatoms. The lowest BCUT2D eigenvalue weighted by molar-refractivity contribution is 0.489. The highest BCUT2D eigenvalue weighted by Crippen LogP contribution is 2.32. The number of H-pyrrole nitrogens is 2. The Bertz CT molecular complexity index is 1840. The zero-order chi connectivity index (χ0) is 28.9. The van der Waals surface area contributed by atoms with Crippen molar-refractivity contribution in [2.75, 3.05) is 6.54 Å². The number of aromatic nitrogens is 4. The van der Waals surface area contributed by atoms with Gasteiger partial charge in [0.05, 0.1) is 11.0 Å². The van der Waals surface area contributed by atoms with E-state index in [1.165, 1.54) is 31.7 Å². The van der Waals surface area contributed by atoms with Crippen LogP contribution in [0.3, 0.4) is 0 Å². The van der Waals surface area contributed by atoms with Crippen molar-refractivity contribution in [1.29, 1.82) is 0 Å². The number of hydrogen-bond acceptors (Lipinski definition) is 4. The van der Waals surface area contributed by atoms with E-state index in [-0.39, 0.29) is 5.82 Å². The first kappa shape index (κ1) is 27.7. The molecule has 3 heterocycles. The lowest BCUT2D eigenvalue weighted by Crippen LogP contribution is -2.25. The van der Waals surface area contributed by atoms with E-state index < -0.39 is 0 Å². The fourth-order valence-corrected chi connectivity index (χ4v) is 6.05. The van der Waals surface area contributed by atoms with E-state index >= 15 is 0 Å². The molecule has 0 spiro atoms. The largest absolute Gasteiger partial charge is 0.403 e. The van der Waals surface area contributed by atoms with Crippen molar-refractivity contribution in [2.45, 2.75) is 45.6 Å². The third-order valence-corrected chi connectivity index (χ3v) is 8.17. The first-order valence-electron chi connectivity index (χ1n) is 14.8. The normalized spacial score (nSPS) is 15.3. The molecule has 5 aromatic rings. The van der Waals surface area contributed by atoms with Gasteiger partial charge in [0.25, 0.3) is 0 Å². The molecule has 0 unspecified atom stereocenters. The van der Waals surface area contributed by atoms with Gasteiger partial charge in [-0.25, -0.2) is 4.39 Å². The van der Waals surface area contributed by atoms with Gasteiger partial charge in [-0.3, -0.25) is 10.1 Å². The zero-order valence-electron chi connectivity index (χ0n) is 24.0. The van der Waals surface area contributed by atoms with Gasteiger partial charge < -0.3 is 16.0 Å². The number of nitrogens with one attached hydrogen (secondary N) is 3. The van der Waals surface area contributed by atoms with Crippen LogP contribution in [0.2, 0.25) is 0 Å². The molecule has 0 bridgehead atoms. The predicted molar refractivity (Wildman–Crippen MR) is 170 cm³/mol. The Labute approximate surface area is 245 Å². The third-order valence-electron chi connectivity index (χ3n) is 8.17. The summed E-state index contributed by atoms with van der Waals surface area (Å²) in [6, 6.07) is 17.0. The van der Waals surface area contributed by atoms with Crippen LogP contribution in [0.4, 0.5) is 4.39 Å². The summed E-state index contributed by atoms with van der Waals surface area (Å²) < 4.78 is 14.7. The molecule has 5 N–H and O–H groups in total. The number of nitrogens with zero attached hydrogens (tertiary/aromatic N) is 2. The van der Waals surface area contributed by atoms with Crippen molar-refractivity contribution in [3.63, 3.8) is 0 Å². The molecule has 0 atom stereocenters. The maximum Gasteiger partial charge on any atom is 0.131 e. The van der Waals surface area contributed by atoms with E-state index in [1.54, 1.807) is 18.3 Å². The quantitative estimate of drug-likeness (QED) is 0.178. The molecular formula is C35H37FN6. The number of nitrogens with two attached hydrogens (primary N) is 1. The van der Waals surface area contributed by atoms with Gasteiger partial charge in [-0.2, -0.15) is 5.10 Å². The summed E-state index contributed by atoms with van der Waals surface area (Å²) in [7, 11) is 0. The maximum absolute atomic E-state index is 14.7. The first-order valence-corrected chi connectivity index (χ1v) is 14.8. The number of allylic oxidation sites excluding steroid dienone is 2. The van der Waals surface area contributed by atoms with E-state index in [0.29, 0.717) is 5.56 Å². The van der Waals surface area contributed by atoms with Crippen LogP contribution < -0.4 is 21.6 Å². The highest BCUT2D eigenvalue weighted by Gasteiger charge is 2.16. The SMILES string of the molecule is CC/C=C(/C=c1/c(-c2cc3c(-c4ccccc4F)cccc3[nH]2)n[nH]/c1=C/N)c1cncc(CNCC2CCCC2)c1. The molecule has 0 aliphatic heterocycles. The standard InChI is InChI=1S/C35H37FN6/c1-2-8-25(26-15-24(21-39-22-26)20-38-19-23-9-3-4-10-23)16-30-34(18-37)41-42-35(30)33-17-29-27(12-7-14-32(29)40-33)28-11-5-6-13-31(28)36/h5-8,11-18,21-23,38,40-41H,2-4,9-10,19-20,37H2,1H3/b25-8-,30-16+,34-18+. The van der Waals surface area contributed by atoms with Crippen molar-refractivity contribution in [2.24, 2.45) is 11.7 Å². The van der Waals surface area contributed by atoms with Crippen LogP contribution in [0.15, 0.2) is 73.1 Å². The molecule has 1 aliphatic rings. The lowest BCUT2D eigenvalue weighted by atomic mass is 10.0. The summed E-state index contributed by atoms with van der Waals surface area (Å²) in [4.78, 5) is 8.07. The minimum absolute atomic E-state index is 0.250. The van der Waals surface area contributed by atoms with Crippen molar-refractivity contribution in [3.8, 4) is 22.5 Å². The summed E-state index contributed by atoms with van der Waals surface area (Å²) in [5, 5.41) is 13.9. The highest BCUT2D eigenvalue weighted by molar-refractivity contribution is 5.98. The predicted octanol–water partition coefficient (Wildman–Crippen LogP) is 6.01. The molecule has 2 aromatic carbocycles. The van der Waals surface area contributed by atoms with Crippen LogP contribution in [0.25, 0.3) is 51.3 Å². The van der Waals surface area contributed by atoms with Crippen LogP contribution >= 0.6 is 0 Å². The average Bonchev–Trinajstić information content (AvgIpc) is 3.77. The van der Waals surface area contributed by atoms with Crippen molar-refractivity contribution in [3.05, 3.63) is 101 Å². The molecule has 3 aromatic heterocycles. The summed E-state index contributed by atoms with van der Waals surface area (Å²) in [5.41, 5.74) is 13.2. The second-order valence-electron chi connectivity index (χ2n) is 11.1. The van der Waals surface area contributed by atoms with Gasteiger partial charge in [-0.1, -0.05) is 56.2 Å². The van der Waals surface area contributed by atoms with E-state index in [0.717, 1.165) is 80.6 Å². The fourth-order valence-electron chi connectivity index (χ4n) is 6.05. The Morgan fingerprint density at radius 1 is 1.07 bits per heavy atom. The van der Waals surface area contributed by atoms with Gasteiger partial charge in [0.15, 0.2) is 0 Å². The summed E-state index contributed by atoms with van der Waals surface area (Å²) >= 11 is 0. The number of benzene rings is 2. The molecule has 0 amide bonds. The number of fused-ring (bicyclic) bond motifs is 1. The van der Waals surface area contributed by atoms with Gasteiger partial charge in [-0.05, 0) is 78.8 Å². The number of pyridine rings is 1. The Kier molecular flexibility index (Phi) is 8.28. The summed E-state index contributed by atoms with van der Waals surface area (Å²) in [5.74, 6) is 0.545. The molecule has 6 nitrogen and oxygen atoms in total. The minimum Gasteiger partial charge on any atom is -0.403 e. The molecule has 6 rings (SSSR count). The number of halogens is 1. The second kappa shape index (κ2) is 12.6. The maximum atomic E-state index is 14.7. The third kappa shape index (κ3) is 5.78. The van der Waals surface area contributed by atoms with Gasteiger partial charge in [0, 0.05) is 52.4 Å². The van der Waals surface area contributed by atoms with E-state index in [4.69, 9.17) is 5.73 Å². The van der Waals surface area contributed by atoms with Crippen molar-refractivity contribution < 1.29 is 4.39 Å². The van der Waals surface area contributed by atoms with Crippen LogP contribution in [0.5, 0.6) is 0 Å². The van der Waals surface area contributed by atoms with Crippen LogP contribution in [-0.4, -0.2) is 26.7 Å². The fraction of sp³-hybridized carbons (Fsp3) is 0.257. The lowest BCUT2D eigenvalue weighted by Gasteiger charge is -2.11. The molecular weight excluding hydrogens is 523 g/mol. The molecule has 1 saturated carbocycles. The Morgan fingerprint density at radius 2 is 1.90 bits per heavy atom. The molecule has 214 valence electrons. The number of rotatable bonds is 9. The Morgan fingerprint density at radius 3 is 2.71 bits per heavy atom. The van der Waals surface area contributed by atoms with Crippen molar-refractivity contribution in [1.82, 2.24) is 25.5 Å². The van der Waals surface area contributed by atoms with Crippen LogP contribution in [-0.2, 0) is 6.54 Å². The van der Waals surface area contributed by atoms with Gasteiger partial charge in [-0.15, -0.1) is 0 Å².